The molecule has 1 aromatic rings. The second-order valence-corrected chi connectivity index (χ2v) is 6.19. The molecule has 88 valence electrons. The third-order valence-corrected chi connectivity index (χ3v) is 3.06. The zero-order valence-electron chi connectivity index (χ0n) is 9.54. The van der Waals surface area contributed by atoms with Crippen molar-refractivity contribution in [3.8, 4) is 0 Å². The lowest BCUT2D eigenvalue weighted by Gasteiger charge is -2.09. The highest BCUT2D eigenvalue weighted by Crippen LogP contribution is 2.25. The van der Waals surface area contributed by atoms with E-state index in [0.717, 1.165) is 12.0 Å². The molecule has 0 aliphatic heterocycles. The van der Waals surface area contributed by atoms with Crippen LogP contribution >= 0.6 is 27.5 Å². The Balaban J connectivity index is 2.66. The van der Waals surface area contributed by atoms with Gasteiger partial charge >= 0.3 is 0 Å². The molecule has 2 atom stereocenters. The molecule has 0 radical (unpaired) electrons. The second kappa shape index (κ2) is 6.41. The first-order valence-electron chi connectivity index (χ1n) is 5.35. The van der Waals surface area contributed by atoms with Crippen molar-refractivity contribution in [3.63, 3.8) is 0 Å². The van der Waals surface area contributed by atoms with Gasteiger partial charge in [-0.25, -0.2) is 0 Å². The molecule has 0 N–H and O–H groups in total. The Hall–Kier alpha value is -0.340. The second-order valence-electron chi connectivity index (χ2n) is 4.10. The molecule has 16 heavy (non-hydrogen) atoms. The zero-order chi connectivity index (χ0) is 12.1. The molecule has 2 unspecified atom stereocenters. The van der Waals surface area contributed by atoms with Crippen molar-refractivity contribution < 1.29 is 4.79 Å². The summed E-state index contributed by atoms with van der Waals surface area (Å²) in [6.45, 7) is 3.68. The quantitative estimate of drug-likeness (QED) is 0.742. The maximum Gasteiger partial charge on any atom is 0.131 e. The number of carbonyl (C=O) groups excluding carboxylic acids is 1. The van der Waals surface area contributed by atoms with E-state index in [1.54, 1.807) is 6.92 Å². The van der Waals surface area contributed by atoms with Crippen LogP contribution in [0.5, 0.6) is 0 Å². The summed E-state index contributed by atoms with van der Waals surface area (Å²) in [5.74, 6) is 0.123. The first-order valence-corrected chi connectivity index (χ1v) is 6.70. The van der Waals surface area contributed by atoms with Gasteiger partial charge in [-0.1, -0.05) is 47.1 Å². The lowest BCUT2D eigenvalue weighted by Crippen LogP contribution is -2.00. The van der Waals surface area contributed by atoms with Crippen molar-refractivity contribution in [2.24, 2.45) is 0 Å². The van der Waals surface area contributed by atoms with Gasteiger partial charge in [0.15, 0.2) is 0 Å². The maximum absolute atomic E-state index is 10.9. The summed E-state index contributed by atoms with van der Waals surface area (Å²) in [7, 11) is 0. The van der Waals surface area contributed by atoms with Crippen LogP contribution in [0.3, 0.4) is 0 Å². The minimum absolute atomic E-state index is 0.123. The van der Waals surface area contributed by atoms with Gasteiger partial charge < -0.3 is 0 Å². The van der Waals surface area contributed by atoms with Gasteiger partial charge in [0.05, 0.1) is 5.38 Å². The standard InChI is InChI=1S/C13H16BrClO/c1-9(14)7-11-3-5-12(6-4-11)13(15)8-10(2)16/h3-6,9,13H,7-8H2,1-2H3. The van der Waals surface area contributed by atoms with Crippen molar-refractivity contribution in [1.29, 1.82) is 0 Å². The van der Waals surface area contributed by atoms with Gasteiger partial charge in [-0.3, -0.25) is 4.79 Å². The van der Waals surface area contributed by atoms with Gasteiger partial charge in [0.2, 0.25) is 0 Å². The molecular formula is C13H16BrClO. The number of benzene rings is 1. The Morgan fingerprint density at radius 1 is 1.38 bits per heavy atom. The lowest BCUT2D eigenvalue weighted by molar-refractivity contribution is -0.117. The molecule has 0 amide bonds. The van der Waals surface area contributed by atoms with E-state index in [2.05, 4.69) is 35.0 Å². The summed E-state index contributed by atoms with van der Waals surface area (Å²) in [5.41, 5.74) is 2.29. The number of ketones is 1. The SMILES string of the molecule is CC(=O)CC(Cl)c1ccc(CC(C)Br)cc1. The van der Waals surface area contributed by atoms with Gasteiger partial charge in [-0.2, -0.15) is 0 Å². The van der Waals surface area contributed by atoms with E-state index in [4.69, 9.17) is 11.6 Å². The highest BCUT2D eigenvalue weighted by atomic mass is 79.9. The minimum Gasteiger partial charge on any atom is -0.300 e. The highest BCUT2D eigenvalue weighted by molar-refractivity contribution is 9.09. The third-order valence-electron chi connectivity index (χ3n) is 2.33. The number of carbonyl (C=O) groups is 1. The van der Waals surface area contributed by atoms with Crippen LogP contribution in [0.4, 0.5) is 0 Å². The van der Waals surface area contributed by atoms with Crippen LogP contribution in [0.2, 0.25) is 0 Å². The molecule has 0 spiro atoms. The summed E-state index contributed by atoms with van der Waals surface area (Å²) in [6, 6.07) is 8.15. The molecule has 1 nitrogen and oxygen atoms in total. The number of hydrogen-bond donors (Lipinski definition) is 0. The lowest BCUT2D eigenvalue weighted by atomic mass is 10.0. The molecule has 0 heterocycles. The molecule has 0 aromatic heterocycles. The number of hydrogen-bond acceptors (Lipinski definition) is 1. The Morgan fingerprint density at radius 2 is 1.94 bits per heavy atom. The van der Waals surface area contributed by atoms with E-state index in [1.165, 1.54) is 5.56 Å². The van der Waals surface area contributed by atoms with Crippen LogP contribution in [0, 0.1) is 0 Å². The van der Waals surface area contributed by atoms with Crippen molar-refractivity contribution >= 4 is 33.3 Å². The summed E-state index contributed by atoms with van der Waals surface area (Å²) in [6.07, 6.45) is 1.40. The molecule has 0 aliphatic rings. The summed E-state index contributed by atoms with van der Waals surface area (Å²) >= 11 is 9.65. The van der Waals surface area contributed by atoms with Crippen LogP contribution in [0.25, 0.3) is 0 Å². The van der Waals surface area contributed by atoms with E-state index in [1.807, 2.05) is 12.1 Å². The predicted molar refractivity (Wildman–Crippen MR) is 72.4 cm³/mol. The minimum atomic E-state index is -0.201. The van der Waals surface area contributed by atoms with Gasteiger partial charge in [-0.15, -0.1) is 11.6 Å². The monoisotopic (exact) mass is 302 g/mol. The Kier molecular flexibility index (Phi) is 5.50. The number of rotatable bonds is 5. The van der Waals surface area contributed by atoms with Crippen molar-refractivity contribution in [3.05, 3.63) is 35.4 Å². The average Bonchev–Trinajstić information content (AvgIpc) is 2.16. The average molecular weight is 304 g/mol. The van der Waals surface area contributed by atoms with Crippen LogP contribution in [0.15, 0.2) is 24.3 Å². The molecule has 0 fully saturated rings. The Labute approximate surface area is 110 Å². The van der Waals surface area contributed by atoms with Crippen molar-refractivity contribution in [2.75, 3.05) is 0 Å². The fourth-order valence-electron chi connectivity index (χ4n) is 1.56. The maximum atomic E-state index is 10.9. The first-order chi connectivity index (χ1) is 7.49. The van der Waals surface area contributed by atoms with Crippen molar-refractivity contribution in [1.82, 2.24) is 0 Å². The third kappa shape index (κ3) is 4.67. The van der Waals surface area contributed by atoms with Crippen LogP contribution in [-0.4, -0.2) is 10.6 Å². The van der Waals surface area contributed by atoms with E-state index >= 15 is 0 Å². The fraction of sp³-hybridized carbons (Fsp3) is 0.462. The zero-order valence-corrected chi connectivity index (χ0v) is 11.9. The molecule has 0 saturated carbocycles. The molecule has 0 aliphatic carbocycles. The number of halogens is 2. The molecule has 3 heteroatoms. The van der Waals surface area contributed by atoms with Crippen LogP contribution in [0.1, 0.15) is 36.8 Å². The van der Waals surface area contributed by atoms with E-state index in [9.17, 15) is 4.79 Å². The topological polar surface area (TPSA) is 17.1 Å². The van der Waals surface area contributed by atoms with E-state index < -0.39 is 0 Å². The number of alkyl halides is 2. The summed E-state index contributed by atoms with van der Waals surface area (Å²) < 4.78 is 0. The van der Waals surface area contributed by atoms with Crippen LogP contribution < -0.4 is 0 Å². The first kappa shape index (κ1) is 13.7. The molecule has 0 saturated heterocycles. The fourth-order valence-corrected chi connectivity index (χ4v) is 2.29. The summed E-state index contributed by atoms with van der Waals surface area (Å²) in [4.78, 5) is 11.4. The largest absolute Gasteiger partial charge is 0.300 e. The molecule has 1 aromatic carbocycles. The van der Waals surface area contributed by atoms with Crippen LogP contribution in [-0.2, 0) is 11.2 Å². The number of Topliss-reactive ketones (excluding diaryl/α,β-unsaturated/α-hetero) is 1. The van der Waals surface area contributed by atoms with E-state index in [0.29, 0.717) is 11.2 Å². The van der Waals surface area contributed by atoms with Gasteiger partial charge in [0.25, 0.3) is 0 Å². The highest BCUT2D eigenvalue weighted by Gasteiger charge is 2.10. The molecule has 0 bridgehead atoms. The normalized spacial score (nSPS) is 14.5. The predicted octanol–water partition coefficient (Wildman–Crippen LogP) is 4.27. The Morgan fingerprint density at radius 3 is 2.38 bits per heavy atom. The van der Waals surface area contributed by atoms with Gasteiger partial charge in [0, 0.05) is 11.2 Å². The Bertz CT molecular complexity index is 345. The van der Waals surface area contributed by atoms with Crippen molar-refractivity contribution in [2.45, 2.75) is 36.9 Å². The summed E-state index contributed by atoms with van der Waals surface area (Å²) in [5, 5.41) is -0.201. The molecular weight excluding hydrogens is 287 g/mol. The van der Waals surface area contributed by atoms with E-state index in [-0.39, 0.29) is 11.2 Å². The molecule has 1 rings (SSSR count). The van der Waals surface area contributed by atoms with Gasteiger partial charge in [-0.05, 0) is 24.5 Å². The smallest absolute Gasteiger partial charge is 0.131 e. The van der Waals surface area contributed by atoms with Gasteiger partial charge in [0.1, 0.15) is 5.78 Å².